The molecule has 1 heterocycles. The molecule has 1 aromatic rings. The maximum atomic E-state index is 5.71. The van der Waals surface area contributed by atoms with Crippen LogP contribution in [0.1, 0.15) is 18.7 Å². The molecule has 0 fully saturated rings. The van der Waals surface area contributed by atoms with Crippen molar-refractivity contribution < 1.29 is 9.47 Å². The van der Waals surface area contributed by atoms with E-state index in [2.05, 4.69) is 10.2 Å². The fourth-order valence-electron chi connectivity index (χ4n) is 1.30. The summed E-state index contributed by atoms with van der Waals surface area (Å²) in [6.45, 7) is 2.97. The van der Waals surface area contributed by atoms with Gasteiger partial charge in [-0.05, 0) is 12.8 Å². The summed E-state index contributed by atoms with van der Waals surface area (Å²) in [6, 6.07) is 0. The van der Waals surface area contributed by atoms with E-state index in [-0.39, 0.29) is 0 Å². The largest absolute Gasteiger partial charge is 0.382 e. The number of unbranched alkanes of at least 4 members (excludes halogenated alkanes) is 1. The smallest absolute Gasteiger partial charge is 0.147 e. The molecule has 0 atom stereocenters. The zero-order valence-electron chi connectivity index (χ0n) is 9.56. The molecule has 0 saturated carbocycles. The van der Waals surface area contributed by atoms with Crippen LogP contribution < -0.4 is 0 Å². The lowest BCUT2D eigenvalue weighted by atomic mass is 10.3. The average Bonchev–Trinajstić information content (AvgIpc) is 2.75. The number of nitrogens with zero attached hydrogens (tertiary/aromatic N) is 3. The lowest BCUT2D eigenvalue weighted by Crippen LogP contribution is -2.05. The van der Waals surface area contributed by atoms with Crippen LogP contribution in [0.2, 0.25) is 0 Å². The fraction of sp³-hybridized carbons (Fsp3) is 0.800. The number of alkyl halides is 1. The third-order valence-electron chi connectivity index (χ3n) is 2.18. The summed E-state index contributed by atoms with van der Waals surface area (Å²) in [5, 5.41) is 7.72. The third-order valence-corrected chi connectivity index (χ3v) is 2.42. The van der Waals surface area contributed by atoms with Gasteiger partial charge in [0.15, 0.2) is 0 Å². The van der Waals surface area contributed by atoms with Crippen LogP contribution in [0.15, 0.2) is 6.33 Å². The van der Waals surface area contributed by atoms with Gasteiger partial charge in [0.2, 0.25) is 0 Å². The van der Waals surface area contributed by atoms with E-state index < -0.39 is 0 Å². The van der Waals surface area contributed by atoms with Crippen molar-refractivity contribution in [3.63, 3.8) is 0 Å². The zero-order chi connectivity index (χ0) is 11.6. The number of hydrogen-bond donors (Lipinski definition) is 0. The first-order valence-corrected chi connectivity index (χ1v) is 5.91. The second kappa shape index (κ2) is 8.50. The quantitative estimate of drug-likeness (QED) is 0.490. The van der Waals surface area contributed by atoms with E-state index in [1.54, 1.807) is 13.4 Å². The Morgan fingerprint density at radius 3 is 2.94 bits per heavy atom. The number of hydrogen-bond acceptors (Lipinski definition) is 4. The van der Waals surface area contributed by atoms with Gasteiger partial charge in [-0.3, -0.25) is 0 Å². The zero-order valence-corrected chi connectivity index (χ0v) is 10.3. The molecule has 0 aromatic carbocycles. The molecule has 0 aliphatic carbocycles. The topological polar surface area (TPSA) is 49.2 Å². The minimum absolute atomic E-state index is 0.407. The van der Waals surface area contributed by atoms with E-state index in [4.69, 9.17) is 21.1 Å². The van der Waals surface area contributed by atoms with Gasteiger partial charge in [-0.25, -0.2) is 0 Å². The Kier molecular flexibility index (Phi) is 7.12. The predicted molar refractivity (Wildman–Crippen MR) is 61.5 cm³/mol. The molecule has 0 amide bonds. The summed E-state index contributed by atoms with van der Waals surface area (Å²) >= 11 is 5.71. The van der Waals surface area contributed by atoms with Gasteiger partial charge < -0.3 is 14.0 Å². The van der Waals surface area contributed by atoms with E-state index in [1.165, 1.54) is 0 Å². The number of rotatable bonds is 9. The van der Waals surface area contributed by atoms with Crippen LogP contribution in [-0.4, -0.2) is 41.7 Å². The van der Waals surface area contributed by atoms with E-state index in [1.807, 2.05) is 4.57 Å². The predicted octanol–water partition coefficient (Wildman–Crippen LogP) is 1.46. The summed E-state index contributed by atoms with van der Waals surface area (Å²) in [6.07, 6.45) is 3.77. The first-order valence-electron chi connectivity index (χ1n) is 5.37. The molecule has 0 unspecified atom stereocenters. The Labute approximate surface area is 101 Å². The molecule has 0 saturated heterocycles. The number of halogens is 1. The van der Waals surface area contributed by atoms with Crippen LogP contribution in [0.5, 0.6) is 0 Å². The van der Waals surface area contributed by atoms with Gasteiger partial charge in [-0.15, -0.1) is 21.8 Å². The molecule has 0 bridgehead atoms. The first-order chi connectivity index (χ1) is 7.88. The molecule has 0 aliphatic rings. The van der Waals surface area contributed by atoms with E-state index in [0.717, 1.165) is 31.8 Å². The summed E-state index contributed by atoms with van der Waals surface area (Å²) in [4.78, 5) is 0. The van der Waals surface area contributed by atoms with Gasteiger partial charge in [0, 0.05) is 20.3 Å². The maximum Gasteiger partial charge on any atom is 0.147 e. The molecule has 0 aliphatic heterocycles. The van der Waals surface area contributed by atoms with Gasteiger partial charge >= 0.3 is 0 Å². The van der Waals surface area contributed by atoms with Gasteiger partial charge in [0.05, 0.1) is 19.1 Å². The van der Waals surface area contributed by atoms with Gasteiger partial charge in [-0.2, -0.15) is 0 Å². The number of aromatic nitrogens is 3. The minimum Gasteiger partial charge on any atom is -0.382 e. The monoisotopic (exact) mass is 247 g/mol. The lowest BCUT2D eigenvalue weighted by Gasteiger charge is -2.05. The highest BCUT2D eigenvalue weighted by molar-refractivity contribution is 6.16. The first kappa shape index (κ1) is 13.4. The summed E-state index contributed by atoms with van der Waals surface area (Å²) < 4.78 is 12.2. The summed E-state index contributed by atoms with van der Waals surface area (Å²) in [5.74, 6) is 1.23. The van der Waals surface area contributed by atoms with E-state index >= 15 is 0 Å². The molecule has 0 radical (unpaired) electrons. The summed E-state index contributed by atoms with van der Waals surface area (Å²) in [7, 11) is 1.67. The average molecular weight is 248 g/mol. The molecular weight excluding hydrogens is 230 g/mol. The van der Waals surface area contributed by atoms with Gasteiger partial charge in [-0.1, -0.05) is 0 Å². The minimum atomic E-state index is 0.407. The van der Waals surface area contributed by atoms with Crippen LogP contribution in [0.25, 0.3) is 0 Å². The van der Waals surface area contributed by atoms with Crippen LogP contribution in [0.3, 0.4) is 0 Å². The number of ether oxygens (including phenoxy) is 2. The van der Waals surface area contributed by atoms with E-state index in [0.29, 0.717) is 19.1 Å². The van der Waals surface area contributed by atoms with Crippen LogP contribution >= 0.6 is 11.6 Å². The van der Waals surface area contributed by atoms with Crippen molar-refractivity contribution in [2.75, 3.05) is 26.9 Å². The lowest BCUT2D eigenvalue weighted by molar-refractivity contribution is 0.0684. The molecule has 92 valence electrons. The van der Waals surface area contributed by atoms with Crippen molar-refractivity contribution in [3.8, 4) is 0 Å². The highest BCUT2D eigenvalue weighted by Gasteiger charge is 2.01. The van der Waals surface area contributed by atoms with E-state index in [9.17, 15) is 0 Å². The number of aryl methyl sites for hydroxylation is 1. The summed E-state index contributed by atoms with van der Waals surface area (Å²) in [5.41, 5.74) is 0. The molecule has 16 heavy (non-hydrogen) atoms. The normalized spacial score (nSPS) is 10.9. The van der Waals surface area contributed by atoms with Crippen LogP contribution in [-0.2, 0) is 21.9 Å². The van der Waals surface area contributed by atoms with Gasteiger partial charge in [0.1, 0.15) is 12.2 Å². The molecule has 0 N–H and O–H groups in total. The molecule has 1 rings (SSSR count). The Balaban J connectivity index is 2.03. The second-order valence-electron chi connectivity index (χ2n) is 3.39. The molecular formula is C10H18ClN3O2. The highest BCUT2D eigenvalue weighted by Crippen LogP contribution is 2.02. The van der Waals surface area contributed by atoms with Crippen molar-refractivity contribution >= 4 is 11.6 Å². The van der Waals surface area contributed by atoms with Crippen LogP contribution in [0, 0.1) is 0 Å². The van der Waals surface area contributed by atoms with Crippen LogP contribution in [0.4, 0.5) is 0 Å². The Hall–Kier alpha value is -0.650. The molecule has 0 spiro atoms. The Bertz CT molecular complexity index is 281. The third kappa shape index (κ3) is 4.92. The molecule has 1 aromatic heterocycles. The SMILES string of the molecule is COCCOCCCCn1cnnc1CCl. The Morgan fingerprint density at radius 1 is 1.31 bits per heavy atom. The molecule has 5 nitrogen and oxygen atoms in total. The number of methoxy groups -OCH3 is 1. The van der Waals surface area contributed by atoms with Crippen molar-refractivity contribution in [2.24, 2.45) is 0 Å². The van der Waals surface area contributed by atoms with Crippen molar-refractivity contribution in [3.05, 3.63) is 12.2 Å². The van der Waals surface area contributed by atoms with Gasteiger partial charge in [0.25, 0.3) is 0 Å². The maximum absolute atomic E-state index is 5.71. The Morgan fingerprint density at radius 2 is 2.19 bits per heavy atom. The van der Waals surface area contributed by atoms with Crippen molar-refractivity contribution in [2.45, 2.75) is 25.3 Å². The van der Waals surface area contributed by atoms with Crippen molar-refractivity contribution in [1.82, 2.24) is 14.8 Å². The van der Waals surface area contributed by atoms with Crippen molar-refractivity contribution in [1.29, 1.82) is 0 Å². The standard InChI is InChI=1S/C10H18ClN3O2/c1-15-6-7-16-5-3-2-4-14-9-12-13-10(14)8-11/h9H,2-8H2,1H3. The fourth-order valence-corrected chi connectivity index (χ4v) is 1.51. The molecule has 6 heteroatoms. The second-order valence-corrected chi connectivity index (χ2v) is 3.65. The highest BCUT2D eigenvalue weighted by atomic mass is 35.5.